The fourth-order valence-electron chi connectivity index (χ4n) is 1.57. The highest BCUT2D eigenvalue weighted by Gasteiger charge is 2.30. The van der Waals surface area contributed by atoms with Gasteiger partial charge in [0.05, 0.1) is 18.4 Å². The molecule has 1 aromatic heterocycles. The fraction of sp³-hybridized carbons (Fsp3) is 0.545. The first-order valence-corrected chi connectivity index (χ1v) is 5.89. The van der Waals surface area contributed by atoms with Gasteiger partial charge in [0.25, 0.3) is 0 Å². The summed E-state index contributed by atoms with van der Waals surface area (Å²) in [5.41, 5.74) is 0.918. The molecule has 0 unspecified atom stereocenters. The van der Waals surface area contributed by atoms with Crippen LogP contribution in [-0.2, 0) is 5.88 Å². The molecule has 1 saturated carbocycles. The van der Waals surface area contributed by atoms with E-state index < -0.39 is 0 Å². The number of hydrogen-bond donors (Lipinski definition) is 0. The molecule has 84 valence electrons. The van der Waals surface area contributed by atoms with Gasteiger partial charge in [-0.15, -0.1) is 11.6 Å². The number of halogens is 1. The van der Waals surface area contributed by atoms with E-state index in [1.165, 1.54) is 12.8 Å². The Labute approximate surface area is 99.9 Å². The Kier molecular flexibility index (Phi) is 3.58. The van der Waals surface area contributed by atoms with Crippen LogP contribution >= 0.6 is 11.6 Å². The summed E-state index contributed by atoms with van der Waals surface area (Å²) in [6.45, 7) is 0.710. The lowest BCUT2D eigenvalue weighted by atomic mass is 10.4. The minimum Gasteiger partial charge on any atom is -0.337 e. The molecule has 1 aliphatic rings. The van der Waals surface area contributed by atoms with Crippen LogP contribution in [0.3, 0.4) is 0 Å². The maximum absolute atomic E-state index is 8.61. The third kappa shape index (κ3) is 2.61. The topological polar surface area (TPSA) is 52.8 Å². The molecule has 0 N–H and O–H groups in total. The standard InChI is InChI=1S/C11H13ClN4/c12-6-9-7-14-11(15-8-9)16(5-1-4-13)10-2-3-10/h7-8,10H,1-3,5-6H2. The molecule has 0 atom stereocenters. The lowest BCUT2D eigenvalue weighted by molar-refractivity contribution is 0.758. The first kappa shape index (κ1) is 11.2. The maximum Gasteiger partial charge on any atom is 0.225 e. The fourth-order valence-corrected chi connectivity index (χ4v) is 1.71. The van der Waals surface area contributed by atoms with Crippen molar-refractivity contribution in [1.82, 2.24) is 9.97 Å². The van der Waals surface area contributed by atoms with Gasteiger partial charge in [0, 0.05) is 30.5 Å². The monoisotopic (exact) mass is 236 g/mol. The van der Waals surface area contributed by atoms with Crippen LogP contribution in [0.5, 0.6) is 0 Å². The van der Waals surface area contributed by atoms with E-state index in [-0.39, 0.29) is 0 Å². The van der Waals surface area contributed by atoms with E-state index in [2.05, 4.69) is 20.9 Å². The number of alkyl halides is 1. The third-order valence-electron chi connectivity index (χ3n) is 2.56. The zero-order valence-corrected chi connectivity index (χ0v) is 9.69. The zero-order valence-electron chi connectivity index (χ0n) is 8.93. The number of nitrogens with zero attached hydrogens (tertiary/aromatic N) is 4. The third-order valence-corrected chi connectivity index (χ3v) is 2.86. The maximum atomic E-state index is 8.61. The van der Waals surface area contributed by atoms with Crippen LogP contribution in [-0.4, -0.2) is 22.6 Å². The molecule has 0 aliphatic heterocycles. The first-order valence-electron chi connectivity index (χ1n) is 5.35. The van der Waals surface area contributed by atoms with Gasteiger partial charge in [-0.25, -0.2) is 9.97 Å². The molecule has 0 aromatic carbocycles. The van der Waals surface area contributed by atoms with E-state index in [1.54, 1.807) is 12.4 Å². The molecular weight excluding hydrogens is 224 g/mol. The molecule has 1 aromatic rings. The lowest BCUT2D eigenvalue weighted by Crippen LogP contribution is -2.28. The molecule has 2 rings (SSSR count). The Bertz CT molecular complexity index is 380. The van der Waals surface area contributed by atoms with Crippen LogP contribution in [0.25, 0.3) is 0 Å². The van der Waals surface area contributed by atoms with Crippen molar-refractivity contribution in [1.29, 1.82) is 5.26 Å². The quantitative estimate of drug-likeness (QED) is 0.735. The van der Waals surface area contributed by atoms with Crippen molar-refractivity contribution in [2.75, 3.05) is 11.4 Å². The highest BCUT2D eigenvalue weighted by atomic mass is 35.5. The summed E-state index contributed by atoms with van der Waals surface area (Å²) >= 11 is 5.68. The van der Waals surface area contributed by atoms with Crippen molar-refractivity contribution in [2.45, 2.75) is 31.2 Å². The van der Waals surface area contributed by atoms with E-state index in [0.29, 0.717) is 30.8 Å². The molecule has 4 nitrogen and oxygen atoms in total. The van der Waals surface area contributed by atoms with Crippen molar-refractivity contribution in [3.63, 3.8) is 0 Å². The highest BCUT2D eigenvalue weighted by molar-refractivity contribution is 6.17. The highest BCUT2D eigenvalue weighted by Crippen LogP contribution is 2.29. The van der Waals surface area contributed by atoms with Crippen LogP contribution in [0.1, 0.15) is 24.8 Å². The Morgan fingerprint density at radius 3 is 2.62 bits per heavy atom. The van der Waals surface area contributed by atoms with Crippen LogP contribution in [0.4, 0.5) is 5.95 Å². The average molecular weight is 237 g/mol. The number of aromatic nitrogens is 2. The SMILES string of the molecule is N#CCCN(c1ncc(CCl)cn1)C1CC1. The van der Waals surface area contributed by atoms with Gasteiger partial charge in [0.2, 0.25) is 5.95 Å². The predicted octanol–water partition coefficient (Wildman–Crippen LogP) is 2.10. The minimum absolute atomic E-state index is 0.432. The molecule has 0 amide bonds. The van der Waals surface area contributed by atoms with Crippen LogP contribution in [0.2, 0.25) is 0 Å². The van der Waals surface area contributed by atoms with Gasteiger partial charge in [-0.05, 0) is 12.8 Å². The second kappa shape index (κ2) is 5.13. The van der Waals surface area contributed by atoms with Gasteiger partial charge < -0.3 is 4.90 Å². The molecule has 1 heterocycles. The van der Waals surface area contributed by atoms with Crippen LogP contribution in [0.15, 0.2) is 12.4 Å². The summed E-state index contributed by atoms with van der Waals surface area (Å²) in [5.74, 6) is 1.15. The van der Waals surface area contributed by atoms with Gasteiger partial charge in [0.15, 0.2) is 0 Å². The second-order valence-electron chi connectivity index (χ2n) is 3.86. The van der Waals surface area contributed by atoms with E-state index in [9.17, 15) is 0 Å². The summed E-state index contributed by atoms with van der Waals surface area (Å²) in [5, 5.41) is 8.61. The smallest absolute Gasteiger partial charge is 0.225 e. The predicted molar refractivity (Wildman–Crippen MR) is 62.2 cm³/mol. The minimum atomic E-state index is 0.432. The van der Waals surface area contributed by atoms with Gasteiger partial charge >= 0.3 is 0 Å². The number of anilines is 1. The molecule has 0 spiro atoms. The summed E-state index contributed by atoms with van der Waals surface area (Å²) in [6.07, 6.45) is 6.35. The summed E-state index contributed by atoms with van der Waals surface area (Å²) < 4.78 is 0. The van der Waals surface area contributed by atoms with Gasteiger partial charge in [-0.2, -0.15) is 5.26 Å². The van der Waals surface area contributed by atoms with E-state index in [0.717, 1.165) is 5.56 Å². The van der Waals surface area contributed by atoms with Crippen molar-refractivity contribution in [3.05, 3.63) is 18.0 Å². The van der Waals surface area contributed by atoms with E-state index >= 15 is 0 Å². The van der Waals surface area contributed by atoms with Gasteiger partial charge in [-0.1, -0.05) is 0 Å². The summed E-state index contributed by atoms with van der Waals surface area (Å²) in [6, 6.07) is 2.68. The molecular formula is C11H13ClN4. The van der Waals surface area contributed by atoms with Crippen molar-refractivity contribution < 1.29 is 0 Å². The Hall–Kier alpha value is -1.34. The molecule has 0 saturated heterocycles. The second-order valence-corrected chi connectivity index (χ2v) is 4.12. The van der Waals surface area contributed by atoms with Gasteiger partial charge in [0.1, 0.15) is 0 Å². The molecule has 16 heavy (non-hydrogen) atoms. The summed E-state index contributed by atoms with van der Waals surface area (Å²) in [7, 11) is 0. The van der Waals surface area contributed by atoms with Crippen molar-refractivity contribution in [2.24, 2.45) is 0 Å². The van der Waals surface area contributed by atoms with Crippen molar-refractivity contribution in [3.8, 4) is 6.07 Å². The largest absolute Gasteiger partial charge is 0.337 e. The normalized spacial score (nSPS) is 14.5. The van der Waals surface area contributed by atoms with Crippen molar-refractivity contribution >= 4 is 17.5 Å². The Balaban J connectivity index is 2.08. The van der Waals surface area contributed by atoms with E-state index in [1.807, 2.05) is 0 Å². The zero-order chi connectivity index (χ0) is 11.4. The van der Waals surface area contributed by atoms with Crippen LogP contribution in [0, 0.1) is 11.3 Å². The number of hydrogen-bond acceptors (Lipinski definition) is 4. The molecule has 0 bridgehead atoms. The van der Waals surface area contributed by atoms with Gasteiger partial charge in [-0.3, -0.25) is 0 Å². The first-order chi connectivity index (χ1) is 7.85. The average Bonchev–Trinajstić information content (AvgIpc) is 3.15. The Morgan fingerprint density at radius 1 is 1.44 bits per heavy atom. The molecule has 1 fully saturated rings. The number of nitriles is 1. The molecule has 0 radical (unpaired) electrons. The van der Waals surface area contributed by atoms with E-state index in [4.69, 9.17) is 16.9 Å². The molecule has 1 aliphatic carbocycles. The van der Waals surface area contributed by atoms with Crippen LogP contribution < -0.4 is 4.90 Å². The summed E-state index contributed by atoms with van der Waals surface area (Å²) in [4.78, 5) is 10.7. The Morgan fingerprint density at radius 2 is 2.12 bits per heavy atom. The molecule has 5 heteroatoms. The lowest BCUT2D eigenvalue weighted by Gasteiger charge is -2.20. The number of rotatable bonds is 5.